The lowest BCUT2D eigenvalue weighted by Gasteiger charge is -2.09. The summed E-state index contributed by atoms with van der Waals surface area (Å²) in [7, 11) is 1.90. The zero-order chi connectivity index (χ0) is 10.6. The van der Waals surface area contributed by atoms with Crippen LogP contribution in [-0.4, -0.2) is 18.2 Å². The van der Waals surface area contributed by atoms with Crippen LogP contribution < -0.4 is 5.32 Å². The van der Waals surface area contributed by atoms with E-state index in [1.165, 1.54) is 6.07 Å². The highest BCUT2D eigenvalue weighted by molar-refractivity contribution is 5.28. The molecule has 0 aliphatic carbocycles. The Bertz CT molecular complexity index is 281. The summed E-state index contributed by atoms with van der Waals surface area (Å²) in [5.41, 5.74) is 0.838. The Labute approximate surface area is 83.8 Å². The summed E-state index contributed by atoms with van der Waals surface area (Å²) in [6, 6.07) is 4.58. The topological polar surface area (TPSA) is 32.3 Å². The van der Waals surface area contributed by atoms with Gasteiger partial charge in [-0.05, 0) is 44.5 Å². The highest BCUT2D eigenvalue weighted by Crippen LogP contribution is 2.16. The van der Waals surface area contributed by atoms with Gasteiger partial charge in [0.05, 0.1) is 0 Å². The van der Waals surface area contributed by atoms with E-state index < -0.39 is 0 Å². The highest BCUT2D eigenvalue weighted by Gasteiger charge is 2.02. The quantitative estimate of drug-likeness (QED) is 0.774. The summed E-state index contributed by atoms with van der Waals surface area (Å²) in [5.74, 6) is -0.380. The molecule has 0 heterocycles. The molecular weight excluding hydrogens is 181 g/mol. The lowest BCUT2D eigenvalue weighted by molar-refractivity contribution is 0.467. The van der Waals surface area contributed by atoms with Gasteiger partial charge in [-0.3, -0.25) is 0 Å². The number of halogens is 1. The third kappa shape index (κ3) is 3.34. The number of aromatic hydroxyl groups is 1. The molecule has 14 heavy (non-hydrogen) atoms. The van der Waals surface area contributed by atoms with Crippen LogP contribution in [0.2, 0.25) is 0 Å². The van der Waals surface area contributed by atoms with Gasteiger partial charge >= 0.3 is 0 Å². The highest BCUT2D eigenvalue weighted by atomic mass is 19.1. The van der Waals surface area contributed by atoms with E-state index in [2.05, 4.69) is 12.2 Å². The summed E-state index contributed by atoms with van der Waals surface area (Å²) in [6.45, 7) is 2.07. The second kappa shape index (κ2) is 4.96. The standard InChI is InChI=1S/C11H16FNO/c1-8(13-2)3-4-9-5-10(12)7-11(14)6-9/h5-8,13-14H,3-4H2,1-2H3. The van der Waals surface area contributed by atoms with E-state index in [0.717, 1.165) is 24.5 Å². The molecular formula is C11H16FNO. The zero-order valence-corrected chi connectivity index (χ0v) is 8.55. The van der Waals surface area contributed by atoms with E-state index in [4.69, 9.17) is 5.11 Å². The number of hydrogen-bond acceptors (Lipinski definition) is 2. The summed E-state index contributed by atoms with van der Waals surface area (Å²) < 4.78 is 12.9. The van der Waals surface area contributed by atoms with Crippen molar-refractivity contribution in [2.24, 2.45) is 0 Å². The SMILES string of the molecule is CNC(C)CCc1cc(O)cc(F)c1. The predicted molar refractivity (Wildman–Crippen MR) is 54.9 cm³/mol. The maximum absolute atomic E-state index is 12.9. The Kier molecular flexibility index (Phi) is 3.89. The van der Waals surface area contributed by atoms with Crippen molar-refractivity contribution >= 4 is 0 Å². The van der Waals surface area contributed by atoms with Gasteiger partial charge in [-0.25, -0.2) is 4.39 Å². The molecule has 1 rings (SSSR count). The van der Waals surface area contributed by atoms with Crippen LogP contribution in [-0.2, 0) is 6.42 Å². The normalized spacial score (nSPS) is 12.8. The number of phenols is 1. The van der Waals surface area contributed by atoms with Crippen molar-refractivity contribution in [1.82, 2.24) is 5.32 Å². The predicted octanol–water partition coefficient (Wildman–Crippen LogP) is 2.07. The molecule has 78 valence electrons. The van der Waals surface area contributed by atoms with Gasteiger partial charge in [0.25, 0.3) is 0 Å². The fourth-order valence-corrected chi connectivity index (χ4v) is 1.31. The molecule has 0 aliphatic rings. The second-order valence-corrected chi connectivity index (χ2v) is 3.55. The van der Waals surface area contributed by atoms with Crippen LogP contribution in [0.1, 0.15) is 18.9 Å². The van der Waals surface area contributed by atoms with Crippen LogP contribution in [0.25, 0.3) is 0 Å². The maximum Gasteiger partial charge on any atom is 0.127 e. The van der Waals surface area contributed by atoms with Crippen LogP contribution in [0.5, 0.6) is 5.75 Å². The zero-order valence-electron chi connectivity index (χ0n) is 8.55. The van der Waals surface area contributed by atoms with Gasteiger partial charge in [0.2, 0.25) is 0 Å². The monoisotopic (exact) mass is 197 g/mol. The molecule has 3 heteroatoms. The fourth-order valence-electron chi connectivity index (χ4n) is 1.31. The first-order valence-electron chi connectivity index (χ1n) is 4.77. The first-order chi connectivity index (χ1) is 6.61. The van der Waals surface area contributed by atoms with Crippen molar-refractivity contribution < 1.29 is 9.50 Å². The maximum atomic E-state index is 12.9. The van der Waals surface area contributed by atoms with E-state index in [1.807, 2.05) is 7.05 Å². The minimum Gasteiger partial charge on any atom is -0.508 e. The summed E-state index contributed by atoms with van der Waals surface area (Å²) in [5, 5.41) is 12.3. The molecule has 2 nitrogen and oxygen atoms in total. The number of rotatable bonds is 4. The van der Waals surface area contributed by atoms with Gasteiger partial charge in [0.1, 0.15) is 11.6 Å². The van der Waals surface area contributed by atoms with Gasteiger partial charge in [-0.2, -0.15) is 0 Å². The van der Waals surface area contributed by atoms with Gasteiger partial charge in [-0.15, -0.1) is 0 Å². The molecule has 0 saturated carbocycles. The van der Waals surface area contributed by atoms with E-state index in [1.54, 1.807) is 6.07 Å². The Morgan fingerprint density at radius 3 is 2.71 bits per heavy atom. The molecule has 1 aromatic carbocycles. The van der Waals surface area contributed by atoms with Crippen LogP contribution in [0.4, 0.5) is 4.39 Å². The second-order valence-electron chi connectivity index (χ2n) is 3.55. The Morgan fingerprint density at radius 2 is 2.14 bits per heavy atom. The van der Waals surface area contributed by atoms with E-state index in [0.29, 0.717) is 6.04 Å². The number of phenolic OH excluding ortho intramolecular Hbond substituents is 1. The third-order valence-corrected chi connectivity index (χ3v) is 2.30. The molecule has 0 aromatic heterocycles. The van der Waals surface area contributed by atoms with Crippen molar-refractivity contribution in [3.05, 3.63) is 29.6 Å². The molecule has 0 spiro atoms. The molecule has 0 aliphatic heterocycles. The van der Waals surface area contributed by atoms with Crippen molar-refractivity contribution in [3.63, 3.8) is 0 Å². The molecule has 0 radical (unpaired) electrons. The Balaban J connectivity index is 2.58. The minimum atomic E-state index is -0.378. The molecule has 2 N–H and O–H groups in total. The lowest BCUT2D eigenvalue weighted by atomic mass is 10.1. The van der Waals surface area contributed by atoms with Gasteiger partial charge in [0.15, 0.2) is 0 Å². The summed E-state index contributed by atoms with van der Waals surface area (Å²) >= 11 is 0. The van der Waals surface area contributed by atoms with Crippen LogP contribution >= 0.6 is 0 Å². The van der Waals surface area contributed by atoms with Crippen LogP contribution in [0.15, 0.2) is 18.2 Å². The van der Waals surface area contributed by atoms with Crippen molar-refractivity contribution in [3.8, 4) is 5.75 Å². The molecule has 1 unspecified atom stereocenters. The Hall–Kier alpha value is -1.09. The molecule has 0 fully saturated rings. The molecule has 0 bridgehead atoms. The number of aryl methyl sites for hydroxylation is 1. The van der Waals surface area contributed by atoms with Crippen molar-refractivity contribution in [1.29, 1.82) is 0 Å². The minimum absolute atomic E-state index is 0.00268. The molecule has 0 amide bonds. The van der Waals surface area contributed by atoms with E-state index >= 15 is 0 Å². The molecule has 1 aromatic rings. The molecule has 0 saturated heterocycles. The summed E-state index contributed by atoms with van der Waals surface area (Å²) in [6.07, 6.45) is 1.70. The summed E-state index contributed by atoms with van der Waals surface area (Å²) in [4.78, 5) is 0. The first-order valence-corrected chi connectivity index (χ1v) is 4.77. The average molecular weight is 197 g/mol. The largest absolute Gasteiger partial charge is 0.508 e. The smallest absolute Gasteiger partial charge is 0.127 e. The number of benzene rings is 1. The van der Waals surface area contributed by atoms with Crippen molar-refractivity contribution in [2.75, 3.05) is 7.05 Å². The van der Waals surface area contributed by atoms with E-state index in [-0.39, 0.29) is 11.6 Å². The number of hydrogen-bond donors (Lipinski definition) is 2. The van der Waals surface area contributed by atoms with Crippen molar-refractivity contribution in [2.45, 2.75) is 25.8 Å². The fraction of sp³-hybridized carbons (Fsp3) is 0.455. The molecule has 1 atom stereocenters. The average Bonchev–Trinajstić information content (AvgIpc) is 2.12. The van der Waals surface area contributed by atoms with E-state index in [9.17, 15) is 4.39 Å². The first kappa shape index (κ1) is 11.0. The van der Waals surface area contributed by atoms with Gasteiger partial charge in [-0.1, -0.05) is 0 Å². The third-order valence-electron chi connectivity index (χ3n) is 2.30. The van der Waals surface area contributed by atoms with Crippen LogP contribution in [0.3, 0.4) is 0 Å². The number of nitrogens with one attached hydrogen (secondary N) is 1. The van der Waals surface area contributed by atoms with Gasteiger partial charge < -0.3 is 10.4 Å². The Morgan fingerprint density at radius 1 is 1.43 bits per heavy atom. The van der Waals surface area contributed by atoms with Crippen LogP contribution in [0, 0.1) is 5.82 Å². The van der Waals surface area contributed by atoms with Gasteiger partial charge in [0, 0.05) is 12.1 Å². The lowest BCUT2D eigenvalue weighted by Crippen LogP contribution is -2.21.